The van der Waals surface area contributed by atoms with E-state index in [-0.39, 0.29) is 11.7 Å². The molecule has 2 rings (SSSR count). The lowest BCUT2D eigenvalue weighted by atomic mass is 10.4. The highest BCUT2D eigenvalue weighted by molar-refractivity contribution is 5.90. The number of aromatic amines is 1. The number of rotatable bonds is 5. The fourth-order valence-electron chi connectivity index (χ4n) is 1.44. The Balaban J connectivity index is 1.67. The Morgan fingerprint density at radius 1 is 1.73 bits per heavy atom. The van der Waals surface area contributed by atoms with Crippen molar-refractivity contribution < 1.29 is 4.79 Å². The fourth-order valence-corrected chi connectivity index (χ4v) is 1.44. The lowest BCUT2D eigenvalue weighted by Gasteiger charge is -2.15. The molecule has 1 aliphatic rings. The zero-order valence-electron chi connectivity index (χ0n) is 8.73. The van der Waals surface area contributed by atoms with Gasteiger partial charge in [0, 0.05) is 19.1 Å². The number of carbonyl (C=O) groups excluding carboxylic acids is 1. The molecule has 1 aromatic rings. The molecular weight excluding hydrogens is 194 g/mol. The number of hydrogen-bond donors (Lipinski definition) is 2. The van der Waals surface area contributed by atoms with Gasteiger partial charge in [0.2, 0.25) is 5.82 Å². The standard InChI is InChI=1S/C9H15N5O/c1-14(7-2-3-7)5-4-10-9(15)8-11-6-12-13-8/h6-7H,2-5H2,1H3,(H,10,15)(H,11,12,13). The molecule has 0 unspecified atom stereocenters. The van der Waals surface area contributed by atoms with Crippen LogP contribution in [-0.2, 0) is 0 Å². The highest BCUT2D eigenvalue weighted by Crippen LogP contribution is 2.24. The van der Waals surface area contributed by atoms with Crippen LogP contribution >= 0.6 is 0 Å². The van der Waals surface area contributed by atoms with E-state index in [0.29, 0.717) is 6.54 Å². The summed E-state index contributed by atoms with van der Waals surface area (Å²) in [6.07, 6.45) is 3.89. The minimum atomic E-state index is -0.198. The molecule has 1 aromatic heterocycles. The minimum Gasteiger partial charge on any atom is -0.348 e. The molecule has 6 nitrogen and oxygen atoms in total. The van der Waals surface area contributed by atoms with Crippen molar-refractivity contribution in [2.24, 2.45) is 0 Å². The molecule has 15 heavy (non-hydrogen) atoms. The van der Waals surface area contributed by atoms with Gasteiger partial charge in [-0.3, -0.25) is 9.89 Å². The lowest BCUT2D eigenvalue weighted by molar-refractivity contribution is 0.0939. The van der Waals surface area contributed by atoms with Gasteiger partial charge in [0.15, 0.2) is 0 Å². The third-order valence-corrected chi connectivity index (χ3v) is 2.55. The maximum absolute atomic E-state index is 11.4. The van der Waals surface area contributed by atoms with Crippen molar-refractivity contribution in [3.63, 3.8) is 0 Å². The Labute approximate surface area is 88.1 Å². The predicted molar refractivity (Wildman–Crippen MR) is 54.4 cm³/mol. The van der Waals surface area contributed by atoms with Crippen molar-refractivity contribution in [3.8, 4) is 0 Å². The summed E-state index contributed by atoms with van der Waals surface area (Å²) in [4.78, 5) is 17.4. The second-order valence-corrected chi connectivity index (χ2v) is 3.80. The van der Waals surface area contributed by atoms with E-state index >= 15 is 0 Å². The number of hydrogen-bond acceptors (Lipinski definition) is 4. The quantitative estimate of drug-likeness (QED) is 0.694. The SMILES string of the molecule is CN(CCNC(=O)c1ncn[nH]1)C1CC1. The molecule has 0 aromatic carbocycles. The molecule has 2 N–H and O–H groups in total. The molecule has 1 fully saturated rings. The largest absolute Gasteiger partial charge is 0.348 e. The van der Waals surface area contributed by atoms with Crippen molar-refractivity contribution in [2.75, 3.05) is 20.1 Å². The maximum atomic E-state index is 11.4. The van der Waals surface area contributed by atoms with E-state index in [2.05, 4.69) is 32.4 Å². The van der Waals surface area contributed by atoms with E-state index < -0.39 is 0 Å². The highest BCUT2D eigenvalue weighted by atomic mass is 16.2. The summed E-state index contributed by atoms with van der Waals surface area (Å²) >= 11 is 0. The van der Waals surface area contributed by atoms with E-state index in [0.717, 1.165) is 12.6 Å². The van der Waals surface area contributed by atoms with Gasteiger partial charge in [-0.2, -0.15) is 5.10 Å². The molecule has 0 aliphatic heterocycles. The fraction of sp³-hybridized carbons (Fsp3) is 0.667. The van der Waals surface area contributed by atoms with Gasteiger partial charge in [0.25, 0.3) is 5.91 Å². The molecule has 0 radical (unpaired) electrons. The first-order valence-corrected chi connectivity index (χ1v) is 5.11. The Morgan fingerprint density at radius 3 is 3.13 bits per heavy atom. The first-order chi connectivity index (χ1) is 7.27. The summed E-state index contributed by atoms with van der Waals surface area (Å²) in [5, 5.41) is 8.92. The van der Waals surface area contributed by atoms with Crippen LogP contribution < -0.4 is 5.32 Å². The summed E-state index contributed by atoms with van der Waals surface area (Å²) in [6.45, 7) is 1.52. The predicted octanol–water partition coefficient (Wildman–Crippen LogP) is -0.371. The van der Waals surface area contributed by atoms with Crippen LogP contribution in [0.3, 0.4) is 0 Å². The van der Waals surface area contributed by atoms with Gasteiger partial charge in [-0.05, 0) is 19.9 Å². The molecule has 1 aliphatic carbocycles. The van der Waals surface area contributed by atoms with Crippen molar-refractivity contribution in [1.29, 1.82) is 0 Å². The number of likely N-dealkylation sites (N-methyl/N-ethyl adjacent to an activating group) is 1. The first-order valence-electron chi connectivity index (χ1n) is 5.11. The van der Waals surface area contributed by atoms with Crippen molar-refractivity contribution in [3.05, 3.63) is 12.2 Å². The second kappa shape index (κ2) is 4.39. The normalized spacial score (nSPS) is 15.6. The van der Waals surface area contributed by atoms with Crippen LogP contribution in [0.1, 0.15) is 23.5 Å². The Kier molecular flexibility index (Phi) is 2.96. The van der Waals surface area contributed by atoms with Crippen LogP contribution in [0.4, 0.5) is 0 Å². The zero-order valence-corrected chi connectivity index (χ0v) is 8.73. The van der Waals surface area contributed by atoms with E-state index in [4.69, 9.17) is 0 Å². The number of H-pyrrole nitrogens is 1. The number of nitrogens with one attached hydrogen (secondary N) is 2. The molecule has 1 amide bonds. The Hall–Kier alpha value is -1.43. The zero-order chi connectivity index (χ0) is 10.7. The minimum absolute atomic E-state index is 0.198. The third kappa shape index (κ3) is 2.76. The van der Waals surface area contributed by atoms with Crippen LogP contribution in [0, 0.1) is 0 Å². The van der Waals surface area contributed by atoms with Gasteiger partial charge < -0.3 is 10.2 Å². The van der Waals surface area contributed by atoms with Crippen molar-refractivity contribution in [2.45, 2.75) is 18.9 Å². The molecule has 0 saturated heterocycles. The second-order valence-electron chi connectivity index (χ2n) is 3.80. The number of aromatic nitrogens is 3. The van der Waals surface area contributed by atoms with Crippen LogP contribution in [-0.4, -0.2) is 52.2 Å². The van der Waals surface area contributed by atoms with E-state index in [1.807, 2.05) is 0 Å². The van der Waals surface area contributed by atoms with Gasteiger partial charge in [0.05, 0.1) is 0 Å². The number of amides is 1. The van der Waals surface area contributed by atoms with E-state index in [1.54, 1.807) is 0 Å². The summed E-state index contributed by atoms with van der Waals surface area (Å²) in [5.74, 6) is 0.0702. The maximum Gasteiger partial charge on any atom is 0.288 e. The summed E-state index contributed by atoms with van der Waals surface area (Å²) in [6, 6.07) is 0.729. The third-order valence-electron chi connectivity index (χ3n) is 2.55. The monoisotopic (exact) mass is 209 g/mol. The topological polar surface area (TPSA) is 73.9 Å². The highest BCUT2D eigenvalue weighted by Gasteiger charge is 2.25. The Bertz CT molecular complexity index is 319. The first kappa shape index (κ1) is 10.1. The Morgan fingerprint density at radius 2 is 2.53 bits per heavy atom. The van der Waals surface area contributed by atoms with Crippen LogP contribution in [0.25, 0.3) is 0 Å². The molecular formula is C9H15N5O. The van der Waals surface area contributed by atoms with Crippen LogP contribution in [0.2, 0.25) is 0 Å². The molecule has 0 spiro atoms. The average molecular weight is 209 g/mol. The molecule has 82 valence electrons. The molecule has 1 heterocycles. The summed E-state index contributed by atoms with van der Waals surface area (Å²) in [5.41, 5.74) is 0. The molecule has 0 bridgehead atoms. The van der Waals surface area contributed by atoms with E-state index in [9.17, 15) is 4.79 Å². The van der Waals surface area contributed by atoms with Crippen molar-refractivity contribution in [1.82, 2.24) is 25.4 Å². The average Bonchev–Trinajstić information content (AvgIpc) is 2.93. The van der Waals surface area contributed by atoms with Gasteiger partial charge in [-0.15, -0.1) is 0 Å². The number of nitrogens with zero attached hydrogens (tertiary/aromatic N) is 3. The summed E-state index contributed by atoms with van der Waals surface area (Å²) < 4.78 is 0. The van der Waals surface area contributed by atoms with Crippen LogP contribution in [0.5, 0.6) is 0 Å². The van der Waals surface area contributed by atoms with Gasteiger partial charge >= 0.3 is 0 Å². The number of carbonyl (C=O) groups is 1. The molecule has 1 saturated carbocycles. The molecule has 6 heteroatoms. The smallest absolute Gasteiger partial charge is 0.288 e. The summed E-state index contributed by atoms with van der Waals surface area (Å²) in [7, 11) is 2.08. The van der Waals surface area contributed by atoms with Crippen molar-refractivity contribution >= 4 is 5.91 Å². The lowest BCUT2D eigenvalue weighted by Crippen LogP contribution is -2.34. The van der Waals surface area contributed by atoms with E-state index in [1.165, 1.54) is 19.2 Å². The molecule has 0 atom stereocenters. The van der Waals surface area contributed by atoms with Gasteiger partial charge in [-0.25, -0.2) is 4.98 Å². The van der Waals surface area contributed by atoms with Crippen LogP contribution in [0.15, 0.2) is 6.33 Å². The van der Waals surface area contributed by atoms with Gasteiger partial charge in [-0.1, -0.05) is 0 Å². The van der Waals surface area contributed by atoms with Gasteiger partial charge in [0.1, 0.15) is 6.33 Å².